The van der Waals surface area contributed by atoms with E-state index in [0.717, 1.165) is 18.2 Å². The molecule has 10 N–H and O–H groups in total. The number of aliphatic hydroxyl groups excluding tert-OH is 6. The fourth-order valence-electron chi connectivity index (χ4n) is 6.68. The maximum atomic E-state index is 13.8. The van der Waals surface area contributed by atoms with Gasteiger partial charge in [-0.25, -0.2) is 4.79 Å². The van der Waals surface area contributed by atoms with Gasteiger partial charge < -0.3 is 79.2 Å². The molecule has 18 heteroatoms. The van der Waals surface area contributed by atoms with Crippen molar-refractivity contribution >= 4 is 23.0 Å². The highest BCUT2D eigenvalue weighted by molar-refractivity contribution is 5.88. The lowest BCUT2D eigenvalue weighted by molar-refractivity contribution is -0.304. The first kappa shape index (κ1) is 40.2. The molecule has 10 atom stereocenters. The van der Waals surface area contributed by atoms with Crippen LogP contribution in [-0.4, -0.2) is 132 Å². The number of benzene rings is 3. The van der Waals surface area contributed by atoms with Gasteiger partial charge in [-0.1, -0.05) is 6.07 Å². The van der Waals surface area contributed by atoms with Crippen molar-refractivity contribution in [3.8, 4) is 45.8 Å². The Morgan fingerprint density at radius 3 is 2.23 bits per heavy atom. The van der Waals surface area contributed by atoms with E-state index in [1.807, 2.05) is 0 Å². The number of carbonyl (C=O) groups excluding carboxylic acids is 1. The average Bonchev–Trinajstić information content (AvgIpc) is 3.17. The van der Waals surface area contributed by atoms with Gasteiger partial charge in [-0.05, 0) is 54.5 Å². The van der Waals surface area contributed by atoms with Gasteiger partial charge in [0.05, 0.1) is 25.9 Å². The Bertz CT molecular complexity index is 2110. The van der Waals surface area contributed by atoms with Crippen molar-refractivity contribution in [3.63, 3.8) is 0 Å². The molecule has 0 radical (unpaired) electrons. The molecule has 300 valence electrons. The number of aromatic hydroxyl groups is 4. The van der Waals surface area contributed by atoms with Gasteiger partial charge in [0.25, 0.3) is 0 Å². The SMILES string of the molecule is COc1cc(C=CC(=O)OC2C(OC3C(CO)OC(Oc4c(-c5ccc(O)cc5)oc5cc(O)cc(O)c5c4=O)C(O)C3O)CC(CO)C(O)C2O)ccc1O. The second-order valence-corrected chi connectivity index (χ2v) is 13.3. The quantitative estimate of drug-likeness (QED) is 0.0719. The van der Waals surface area contributed by atoms with E-state index in [0.29, 0.717) is 5.56 Å². The number of fused-ring (bicyclic) bond motifs is 1. The fourth-order valence-corrected chi connectivity index (χ4v) is 6.68. The summed E-state index contributed by atoms with van der Waals surface area (Å²) in [7, 11) is 1.34. The van der Waals surface area contributed by atoms with E-state index in [1.54, 1.807) is 0 Å². The predicted octanol–water partition coefficient (Wildman–Crippen LogP) is 0.222. The number of aliphatic hydroxyl groups is 6. The van der Waals surface area contributed by atoms with Crippen LogP contribution < -0.4 is 14.9 Å². The Balaban J connectivity index is 1.26. The number of rotatable bonds is 11. The molecule has 0 bridgehead atoms. The minimum absolute atomic E-state index is 0.130. The average molecular weight is 785 g/mol. The molecule has 4 aromatic rings. The molecular formula is C38H40O18. The molecule has 1 aromatic heterocycles. The summed E-state index contributed by atoms with van der Waals surface area (Å²) in [4.78, 5) is 26.8. The van der Waals surface area contributed by atoms with E-state index in [-0.39, 0.29) is 40.6 Å². The molecule has 2 aliphatic rings. The van der Waals surface area contributed by atoms with Crippen LogP contribution in [0.15, 0.2) is 69.9 Å². The van der Waals surface area contributed by atoms with Gasteiger partial charge >= 0.3 is 5.97 Å². The summed E-state index contributed by atoms with van der Waals surface area (Å²) < 4.78 is 34.1. The fraction of sp³-hybridized carbons (Fsp3) is 0.368. The highest BCUT2D eigenvalue weighted by atomic mass is 16.7. The van der Waals surface area contributed by atoms with E-state index in [9.17, 15) is 60.7 Å². The zero-order valence-corrected chi connectivity index (χ0v) is 29.5. The van der Waals surface area contributed by atoms with Gasteiger partial charge in [-0.2, -0.15) is 0 Å². The number of methoxy groups -OCH3 is 1. The molecule has 0 amide bonds. The van der Waals surface area contributed by atoms with Gasteiger partial charge in [0.1, 0.15) is 58.7 Å². The maximum absolute atomic E-state index is 13.8. The zero-order valence-electron chi connectivity index (χ0n) is 29.5. The van der Waals surface area contributed by atoms with Gasteiger partial charge in [-0.15, -0.1) is 0 Å². The summed E-state index contributed by atoms with van der Waals surface area (Å²) in [6.45, 7) is -1.50. The van der Waals surface area contributed by atoms with Crippen LogP contribution in [0.25, 0.3) is 28.4 Å². The highest BCUT2D eigenvalue weighted by Gasteiger charge is 2.52. The molecule has 2 fully saturated rings. The van der Waals surface area contributed by atoms with Crippen molar-refractivity contribution in [1.82, 2.24) is 0 Å². The molecule has 56 heavy (non-hydrogen) atoms. The standard InChI is InChI=1S/C38H40O18/c1-51-23-10-16(2-8-21(23)43)3-9-27(45)55-35-25(11-18(14-39)29(46)31(35)48)53-36-26(15-40)54-38(33(50)32(36)49)56-37-30(47)28-22(44)12-20(42)13-24(28)52-34(37)17-4-6-19(41)7-5-17/h2-10,12-13,18,25-26,29,31-33,35-36,38-44,46,48-50H,11,14-15H2,1H3. The van der Waals surface area contributed by atoms with Crippen LogP contribution in [-0.2, 0) is 19.0 Å². The van der Waals surface area contributed by atoms with Crippen LogP contribution in [0.1, 0.15) is 12.0 Å². The molecule has 18 nitrogen and oxygen atoms in total. The second kappa shape index (κ2) is 16.7. The van der Waals surface area contributed by atoms with Gasteiger partial charge in [0.15, 0.2) is 23.4 Å². The Morgan fingerprint density at radius 2 is 1.55 bits per heavy atom. The monoisotopic (exact) mass is 784 g/mol. The van der Waals surface area contributed by atoms with Gasteiger partial charge in [-0.3, -0.25) is 4.79 Å². The lowest BCUT2D eigenvalue weighted by Crippen LogP contribution is -2.64. The largest absolute Gasteiger partial charge is 0.508 e. The molecule has 6 rings (SSSR count). The smallest absolute Gasteiger partial charge is 0.331 e. The van der Waals surface area contributed by atoms with Crippen LogP contribution >= 0.6 is 0 Å². The summed E-state index contributed by atoms with van der Waals surface area (Å²) in [5.41, 5.74) is -0.632. The van der Waals surface area contributed by atoms with Crippen molar-refractivity contribution in [3.05, 3.63) is 76.5 Å². The van der Waals surface area contributed by atoms with Gasteiger partial charge in [0.2, 0.25) is 17.5 Å². The van der Waals surface area contributed by atoms with Crippen LogP contribution in [0.5, 0.6) is 34.5 Å². The molecular weight excluding hydrogens is 744 g/mol. The van der Waals surface area contributed by atoms with Crippen LogP contribution in [0.3, 0.4) is 0 Å². The third-order valence-corrected chi connectivity index (χ3v) is 9.61. The number of phenols is 4. The summed E-state index contributed by atoms with van der Waals surface area (Å²) in [5.74, 6) is -4.14. The molecule has 1 aliphatic heterocycles. The number of hydrogen-bond donors (Lipinski definition) is 10. The first-order valence-electron chi connectivity index (χ1n) is 17.2. The van der Waals surface area contributed by atoms with Crippen molar-refractivity contribution in [2.24, 2.45) is 5.92 Å². The summed E-state index contributed by atoms with van der Waals surface area (Å²) in [6, 6.07) is 11.5. The van der Waals surface area contributed by atoms with Crippen LogP contribution in [0.4, 0.5) is 0 Å². The predicted molar refractivity (Wildman–Crippen MR) is 191 cm³/mol. The molecule has 3 aromatic carbocycles. The molecule has 1 saturated heterocycles. The number of hydrogen-bond acceptors (Lipinski definition) is 18. The summed E-state index contributed by atoms with van der Waals surface area (Å²) in [6.07, 6.45) is -13.3. The Morgan fingerprint density at radius 1 is 0.839 bits per heavy atom. The lowest BCUT2D eigenvalue weighted by Gasteiger charge is -2.46. The number of esters is 1. The zero-order chi connectivity index (χ0) is 40.4. The Labute approximate surface area is 316 Å². The van der Waals surface area contributed by atoms with Crippen molar-refractivity contribution in [1.29, 1.82) is 0 Å². The molecule has 0 spiro atoms. The van der Waals surface area contributed by atoms with E-state index in [4.69, 9.17) is 28.1 Å². The minimum Gasteiger partial charge on any atom is -0.508 e. The molecule has 10 unspecified atom stereocenters. The summed E-state index contributed by atoms with van der Waals surface area (Å²) >= 11 is 0. The topological polar surface area (TPSA) is 296 Å². The number of carbonyl (C=O) groups is 1. The van der Waals surface area contributed by atoms with E-state index < -0.39 is 108 Å². The van der Waals surface area contributed by atoms with Crippen molar-refractivity contribution < 1.29 is 84.0 Å². The number of ether oxygens (including phenoxy) is 5. The van der Waals surface area contributed by atoms with Crippen LogP contribution in [0.2, 0.25) is 0 Å². The highest BCUT2D eigenvalue weighted by Crippen LogP contribution is 2.39. The molecule has 1 aliphatic carbocycles. The van der Waals surface area contributed by atoms with Crippen molar-refractivity contribution in [2.75, 3.05) is 20.3 Å². The normalized spacial score (nSPS) is 28.0. The lowest BCUT2D eigenvalue weighted by atomic mass is 9.80. The van der Waals surface area contributed by atoms with Crippen molar-refractivity contribution in [2.45, 2.75) is 61.5 Å². The first-order chi connectivity index (χ1) is 26.7. The molecule has 1 saturated carbocycles. The first-order valence-corrected chi connectivity index (χ1v) is 17.2. The second-order valence-electron chi connectivity index (χ2n) is 13.3. The van der Waals surface area contributed by atoms with E-state index in [2.05, 4.69) is 0 Å². The van der Waals surface area contributed by atoms with Crippen LogP contribution in [0, 0.1) is 5.92 Å². The Hall–Kier alpha value is -5.44. The van der Waals surface area contributed by atoms with E-state index in [1.165, 1.54) is 55.7 Å². The third kappa shape index (κ3) is 8.08. The third-order valence-electron chi connectivity index (χ3n) is 9.61. The maximum Gasteiger partial charge on any atom is 0.331 e. The summed E-state index contributed by atoms with van der Waals surface area (Å²) in [5, 5.41) is 104. The van der Waals surface area contributed by atoms with E-state index >= 15 is 0 Å². The minimum atomic E-state index is -2.03. The molecule has 2 heterocycles. The van der Waals surface area contributed by atoms with Gasteiger partial charge in [0, 0.05) is 36.3 Å². The number of phenolic OH excluding ortho intramolecular Hbond substituents is 4. The Kier molecular flexibility index (Phi) is 12.0.